The molecule has 0 aliphatic carbocycles. The SMILES string of the molecule is CC1(C)OB(c2cc(NC(=O)OCc3ccccc3)cc(S(N)(=O)=O)c2)OC1(C)C. The number of nitrogens with one attached hydrogen (secondary N) is 1. The van der Waals surface area contributed by atoms with Gasteiger partial charge in [0.25, 0.3) is 0 Å². The van der Waals surface area contributed by atoms with E-state index in [1.54, 1.807) is 6.07 Å². The summed E-state index contributed by atoms with van der Waals surface area (Å²) >= 11 is 0. The van der Waals surface area contributed by atoms with Crippen LogP contribution in [0.2, 0.25) is 0 Å². The molecule has 1 heterocycles. The molecule has 2 aromatic rings. The van der Waals surface area contributed by atoms with E-state index in [9.17, 15) is 13.2 Å². The number of carbonyl (C=O) groups is 1. The van der Waals surface area contributed by atoms with Crippen molar-refractivity contribution in [1.82, 2.24) is 0 Å². The number of hydrogen-bond donors (Lipinski definition) is 2. The summed E-state index contributed by atoms with van der Waals surface area (Å²) in [4.78, 5) is 12.0. The highest BCUT2D eigenvalue weighted by Crippen LogP contribution is 2.36. The lowest BCUT2D eigenvalue weighted by Crippen LogP contribution is -2.41. The van der Waals surface area contributed by atoms with E-state index in [-0.39, 0.29) is 17.2 Å². The van der Waals surface area contributed by atoms with Crippen molar-refractivity contribution in [3.05, 3.63) is 54.1 Å². The summed E-state index contributed by atoms with van der Waals surface area (Å²) in [6.45, 7) is 7.62. The lowest BCUT2D eigenvalue weighted by Gasteiger charge is -2.32. The van der Waals surface area contributed by atoms with Crippen molar-refractivity contribution in [1.29, 1.82) is 0 Å². The van der Waals surface area contributed by atoms with E-state index in [0.717, 1.165) is 5.56 Å². The van der Waals surface area contributed by atoms with Crippen LogP contribution in [0.1, 0.15) is 33.3 Å². The van der Waals surface area contributed by atoms with Crippen molar-refractivity contribution >= 4 is 34.4 Å². The monoisotopic (exact) mass is 432 g/mol. The zero-order valence-corrected chi connectivity index (χ0v) is 18.2. The molecule has 1 aliphatic rings. The molecule has 0 unspecified atom stereocenters. The van der Waals surface area contributed by atoms with Crippen molar-refractivity contribution in [2.24, 2.45) is 5.14 Å². The van der Waals surface area contributed by atoms with Gasteiger partial charge in [-0.3, -0.25) is 5.32 Å². The number of amides is 1. The summed E-state index contributed by atoms with van der Waals surface area (Å²) in [5.41, 5.74) is 0.209. The number of benzene rings is 2. The zero-order valence-electron chi connectivity index (χ0n) is 17.3. The summed E-state index contributed by atoms with van der Waals surface area (Å²) in [5, 5.41) is 7.85. The molecule has 1 aliphatic heterocycles. The zero-order chi connectivity index (χ0) is 22.2. The predicted octanol–water partition coefficient (Wildman–Crippen LogP) is 2.38. The van der Waals surface area contributed by atoms with Gasteiger partial charge < -0.3 is 14.0 Å². The minimum atomic E-state index is -4.03. The molecule has 0 bridgehead atoms. The normalized spacial score (nSPS) is 17.6. The molecule has 0 atom stereocenters. The van der Waals surface area contributed by atoms with E-state index in [1.165, 1.54) is 12.1 Å². The van der Waals surface area contributed by atoms with Crippen molar-refractivity contribution in [2.75, 3.05) is 5.32 Å². The van der Waals surface area contributed by atoms with Gasteiger partial charge in [-0.1, -0.05) is 30.3 Å². The van der Waals surface area contributed by atoms with Gasteiger partial charge in [0, 0.05) is 5.69 Å². The molecule has 0 aromatic heterocycles. The third-order valence-electron chi connectivity index (χ3n) is 5.24. The van der Waals surface area contributed by atoms with E-state index in [4.69, 9.17) is 19.2 Å². The van der Waals surface area contributed by atoms with Gasteiger partial charge >= 0.3 is 13.2 Å². The quantitative estimate of drug-likeness (QED) is 0.701. The molecule has 160 valence electrons. The van der Waals surface area contributed by atoms with Crippen LogP contribution in [-0.2, 0) is 30.7 Å². The minimum absolute atomic E-state index is 0.0750. The van der Waals surface area contributed by atoms with Crippen LogP contribution >= 0.6 is 0 Å². The maximum atomic E-state index is 12.2. The fourth-order valence-corrected chi connectivity index (χ4v) is 3.44. The van der Waals surface area contributed by atoms with Gasteiger partial charge in [0.2, 0.25) is 10.0 Å². The highest BCUT2D eigenvalue weighted by molar-refractivity contribution is 7.89. The van der Waals surface area contributed by atoms with E-state index in [0.29, 0.717) is 5.46 Å². The van der Waals surface area contributed by atoms with Crippen LogP contribution in [0, 0.1) is 0 Å². The summed E-state index contributed by atoms with van der Waals surface area (Å²) in [5.74, 6) is 0. The third-order valence-corrected chi connectivity index (χ3v) is 6.13. The molecule has 1 amide bonds. The Bertz CT molecular complexity index is 1020. The number of ether oxygens (including phenoxy) is 1. The first-order valence-corrected chi connectivity index (χ1v) is 10.9. The van der Waals surface area contributed by atoms with Gasteiger partial charge in [0.1, 0.15) is 6.61 Å². The highest BCUT2D eigenvalue weighted by Gasteiger charge is 2.51. The van der Waals surface area contributed by atoms with Crippen molar-refractivity contribution in [3.8, 4) is 0 Å². The van der Waals surface area contributed by atoms with Crippen LogP contribution < -0.4 is 15.9 Å². The number of hydrogen-bond acceptors (Lipinski definition) is 6. The van der Waals surface area contributed by atoms with Gasteiger partial charge in [-0.15, -0.1) is 0 Å². The Morgan fingerprint density at radius 2 is 1.67 bits per heavy atom. The number of sulfonamides is 1. The average Bonchev–Trinajstić information content (AvgIpc) is 2.87. The number of nitrogens with two attached hydrogens (primary N) is 1. The van der Waals surface area contributed by atoms with Gasteiger partial charge in [-0.05, 0) is 56.9 Å². The number of anilines is 1. The molecular formula is C20H25BN2O6S. The fraction of sp³-hybridized carbons (Fsp3) is 0.350. The molecule has 8 nitrogen and oxygen atoms in total. The van der Waals surface area contributed by atoms with Gasteiger partial charge in [-0.2, -0.15) is 0 Å². The molecule has 2 aromatic carbocycles. The molecule has 30 heavy (non-hydrogen) atoms. The number of primary sulfonamides is 1. The molecule has 1 fully saturated rings. The third kappa shape index (κ3) is 5.01. The van der Waals surface area contributed by atoms with Crippen LogP contribution in [0.5, 0.6) is 0 Å². The van der Waals surface area contributed by atoms with Crippen LogP contribution in [0.4, 0.5) is 10.5 Å². The predicted molar refractivity (Wildman–Crippen MR) is 114 cm³/mol. The lowest BCUT2D eigenvalue weighted by atomic mass is 9.79. The van der Waals surface area contributed by atoms with E-state index < -0.39 is 34.4 Å². The van der Waals surface area contributed by atoms with Gasteiger partial charge in [0.15, 0.2) is 0 Å². The first kappa shape index (κ1) is 22.3. The minimum Gasteiger partial charge on any atom is -0.444 e. The van der Waals surface area contributed by atoms with Crippen LogP contribution in [0.15, 0.2) is 53.4 Å². The number of carbonyl (C=O) groups excluding carboxylic acids is 1. The van der Waals surface area contributed by atoms with Gasteiger partial charge in [-0.25, -0.2) is 18.4 Å². The fourth-order valence-electron chi connectivity index (χ4n) is 2.85. The van der Waals surface area contributed by atoms with E-state index in [1.807, 2.05) is 58.0 Å². The Morgan fingerprint density at radius 3 is 2.23 bits per heavy atom. The van der Waals surface area contributed by atoms with Crippen molar-refractivity contribution < 1.29 is 27.3 Å². The molecule has 0 spiro atoms. The average molecular weight is 432 g/mol. The molecule has 1 saturated heterocycles. The largest absolute Gasteiger partial charge is 0.494 e. The first-order chi connectivity index (χ1) is 13.9. The molecule has 3 rings (SSSR count). The summed E-state index contributed by atoms with van der Waals surface area (Å²) in [6, 6.07) is 13.4. The Hall–Kier alpha value is -2.40. The van der Waals surface area contributed by atoms with Crippen molar-refractivity contribution in [2.45, 2.75) is 50.4 Å². The Morgan fingerprint density at radius 1 is 1.07 bits per heavy atom. The molecule has 3 N–H and O–H groups in total. The molecule has 0 radical (unpaired) electrons. The Balaban J connectivity index is 1.82. The molecular weight excluding hydrogens is 407 g/mol. The van der Waals surface area contributed by atoms with Crippen LogP contribution in [0.25, 0.3) is 0 Å². The smallest absolute Gasteiger partial charge is 0.444 e. The standard InChI is InChI=1S/C20H25BN2O6S/c1-19(2)20(3,4)29-21(28-19)15-10-16(12-17(11-15)30(22,25)26)23-18(24)27-13-14-8-6-5-7-9-14/h5-12H,13H2,1-4H3,(H,23,24)(H2,22,25,26). The second-order valence-electron chi connectivity index (χ2n) is 8.11. The topological polar surface area (TPSA) is 117 Å². The Kier molecular flexibility index (Phi) is 5.97. The number of rotatable bonds is 5. The highest BCUT2D eigenvalue weighted by atomic mass is 32.2. The van der Waals surface area contributed by atoms with Crippen molar-refractivity contribution in [3.63, 3.8) is 0 Å². The van der Waals surface area contributed by atoms with E-state index in [2.05, 4.69) is 5.32 Å². The van der Waals surface area contributed by atoms with Crippen LogP contribution in [-0.4, -0.2) is 32.8 Å². The Labute approximate surface area is 176 Å². The van der Waals surface area contributed by atoms with Crippen LogP contribution in [0.3, 0.4) is 0 Å². The molecule has 10 heteroatoms. The lowest BCUT2D eigenvalue weighted by molar-refractivity contribution is 0.00578. The maximum absolute atomic E-state index is 12.2. The van der Waals surface area contributed by atoms with Gasteiger partial charge in [0.05, 0.1) is 16.1 Å². The first-order valence-electron chi connectivity index (χ1n) is 9.38. The second kappa shape index (κ2) is 8.03. The molecule has 0 saturated carbocycles. The maximum Gasteiger partial charge on any atom is 0.494 e. The summed E-state index contributed by atoms with van der Waals surface area (Å²) in [7, 11) is -4.85. The summed E-state index contributed by atoms with van der Waals surface area (Å²) < 4.78 is 41.1. The second-order valence-corrected chi connectivity index (χ2v) is 9.67. The van der Waals surface area contributed by atoms with E-state index >= 15 is 0 Å². The summed E-state index contributed by atoms with van der Waals surface area (Å²) in [6.07, 6.45) is -0.731.